The van der Waals surface area contributed by atoms with Gasteiger partial charge in [-0.15, -0.1) is 11.3 Å². The maximum Gasteiger partial charge on any atom is 0.274 e. The number of β-amino-alcohol motifs (C(OH)–C–C–N with tert-alkyl or cyclic N) is 1. The van der Waals surface area contributed by atoms with Crippen LogP contribution in [-0.4, -0.2) is 50.1 Å². The van der Waals surface area contributed by atoms with E-state index in [-0.39, 0.29) is 11.9 Å². The normalized spacial score (nSPS) is 17.1. The van der Waals surface area contributed by atoms with Gasteiger partial charge in [0.15, 0.2) is 5.69 Å². The van der Waals surface area contributed by atoms with Gasteiger partial charge in [-0.1, -0.05) is 19.9 Å². The molecule has 1 aliphatic heterocycles. The number of carbonyl (C=O) groups is 1. The first-order chi connectivity index (χ1) is 13.6. The number of carbonyl (C=O) groups excluding carboxylic acids is 1. The van der Waals surface area contributed by atoms with Gasteiger partial charge in [-0.25, -0.2) is 9.97 Å². The summed E-state index contributed by atoms with van der Waals surface area (Å²) in [6.07, 6.45) is 1.89. The lowest BCUT2D eigenvalue weighted by Crippen LogP contribution is -2.30. The van der Waals surface area contributed by atoms with Crippen molar-refractivity contribution in [3.05, 3.63) is 47.2 Å². The average Bonchev–Trinajstić information content (AvgIpc) is 3.38. The van der Waals surface area contributed by atoms with Gasteiger partial charge >= 0.3 is 0 Å². The summed E-state index contributed by atoms with van der Waals surface area (Å²) in [5.41, 5.74) is 2.00. The van der Waals surface area contributed by atoms with Gasteiger partial charge in [-0.2, -0.15) is 0 Å². The van der Waals surface area contributed by atoms with Crippen molar-refractivity contribution in [2.24, 2.45) is 0 Å². The minimum atomic E-state index is -0.457. The summed E-state index contributed by atoms with van der Waals surface area (Å²) < 4.78 is 0.771. The molecule has 0 bridgehead atoms. The quantitative estimate of drug-likeness (QED) is 0.698. The minimum Gasteiger partial charge on any atom is -0.391 e. The number of hydrogen-bond donors (Lipinski definition) is 2. The molecule has 4 heterocycles. The van der Waals surface area contributed by atoms with Gasteiger partial charge in [0.2, 0.25) is 5.95 Å². The van der Waals surface area contributed by atoms with Crippen LogP contribution in [0.3, 0.4) is 0 Å². The number of fused-ring (bicyclic) bond motifs is 1. The molecule has 8 heteroatoms. The number of anilines is 1. The van der Waals surface area contributed by atoms with Crippen molar-refractivity contribution >= 4 is 33.4 Å². The van der Waals surface area contributed by atoms with Crippen LogP contribution in [0.5, 0.6) is 0 Å². The number of thiophene rings is 1. The summed E-state index contributed by atoms with van der Waals surface area (Å²) >= 11 is 1.45. The van der Waals surface area contributed by atoms with E-state index in [0.29, 0.717) is 31.2 Å². The highest BCUT2D eigenvalue weighted by molar-refractivity contribution is 7.17. The summed E-state index contributed by atoms with van der Waals surface area (Å²) in [6, 6.07) is 7.51. The maximum atomic E-state index is 12.9. The van der Waals surface area contributed by atoms with E-state index in [0.717, 1.165) is 15.9 Å². The van der Waals surface area contributed by atoms with E-state index < -0.39 is 6.10 Å². The fourth-order valence-corrected chi connectivity index (χ4v) is 3.86. The van der Waals surface area contributed by atoms with Gasteiger partial charge in [0.05, 0.1) is 28.1 Å². The van der Waals surface area contributed by atoms with Crippen molar-refractivity contribution in [2.75, 3.05) is 18.4 Å². The summed E-state index contributed by atoms with van der Waals surface area (Å²) in [4.78, 5) is 27.9. The number of nitrogens with zero attached hydrogens (tertiary/aromatic N) is 4. The standard InChI is InChI=1S/C18H19N5O2S.C2H6/c1-11(13-4-2-3-7-19-13)20-18-21-14-6-9-26-16(14)15(22-18)17(25)23-8-5-12(24)10-23;1-2/h2-4,6-7,9,11-12,24H,5,8,10H2,1H3,(H,20,21,22);1-2H3/t11-,12+;/m0./s1. The largest absolute Gasteiger partial charge is 0.391 e. The van der Waals surface area contributed by atoms with Crippen molar-refractivity contribution in [3.8, 4) is 0 Å². The Labute approximate surface area is 168 Å². The SMILES string of the molecule is CC.C[C@H](Nc1nc(C(=O)N2CC[C@@H](O)C2)c2sccc2n1)c1ccccn1. The Balaban J connectivity index is 0.00000109. The molecular formula is C20H25N5O2S. The maximum absolute atomic E-state index is 12.9. The highest BCUT2D eigenvalue weighted by Crippen LogP contribution is 2.27. The van der Waals surface area contributed by atoms with Gasteiger partial charge < -0.3 is 15.3 Å². The highest BCUT2D eigenvalue weighted by Gasteiger charge is 2.28. The fraction of sp³-hybridized carbons (Fsp3) is 0.400. The van der Waals surface area contributed by atoms with Gasteiger partial charge in [-0.3, -0.25) is 9.78 Å². The molecule has 3 aromatic rings. The van der Waals surface area contributed by atoms with Crippen LogP contribution in [0.4, 0.5) is 5.95 Å². The number of rotatable bonds is 4. The number of pyridine rings is 1. The Bertz CT molecular complexity index is 931. The summed E-state index contributed by atoms with van der Waals surface area (Å²) in [5, 5.41) is 14.9. The molecule has 1 saturated heterocycles. The van der Waals surface area contributed by atoms with Crippen molar-refractivity contribution in [3.63, 3.8) is 0 Å². The third-order valence-electron chi connectivity index (χ3n) is 4.43. The fourth-order valence-electron chi connectivity index (χ4n) is 3.05. The van der Waals surface area contributed by atoms with Crippen LogP contribution in [0.15, 0.2) is 35.8 Å². The van der Waals surface area contributed by atoms with E-state index in [1.165, 1.54) is 11.3 Å². The van der Waals surface area contributed by atoms with Crippen LogP contribution in [0.1, 0.15) is 49.4 Å². The average molecular weight is 400 g/mol. The molecule has 148 valence electrons. The smallest absolute Gasteiger partial charge is 0.274 e. The van der Waals surface area contributed by atoms with Crippen molar-refractivity contribution in [1.82, 2.24) is 19.9 Å². The van der Waals surface area contributed by atoms with Gasteiger partial charge in [0, 0.05) is 19.3 Å². The van der Waals surface area contributed by atoms with E-state index >= 15 is 0 Å². The molecule has 7 nitrogen and oxygen atoms in total. The number of aliphatic hydroxyl groups excluding tert-OH is 1. The van der Waals surface area contributed by atoms with Crippen molar-refractivity contribution < 1.29 is 9.90 Å². The molecule has 1 fully saturated rings. The first kappa shape index (κ1) is 20.2. The molecule has 28 heavy (non-hydrogen) atoms. The predicted octanol–water partition coefficient (Wildman–Crippen LogP) is 3.49. The number of likely N-dealkylation sites (tertiary alicyclic amines) is 1. The van der Waals surface area contributed by atoms with E-state index in [9.17, 15) is 9.90 Å². The molecule has 0 aliphatic carbocycles. The van der Waals surface area contributed by atoms with Crippen LogP contribution < -0.4 is 5.32 Å². The number of aliphatic hydroxyl groups is 1. The Hall–Kier alpha value is -2.58. The Morgan fingerprint density at radius 3 is 2.82 bits per heavy atom. The second-order valence-electron chi connectivity index (χ2n) is 6.35. The summed E-state index contributed by atoms with van der Waals surface area (Å²) in [7, 11) is 0. The van der Waals surface area contributed by atoms with E-state index in [1.54, 1.807) is 11.1 Å². The predicted molar refractivity (Wildman–Crippen MR) is 112 cm³/mol. The van der Waals surface area contributed by atoms with Gasteiger partial charge in [0.25, 0.3) is 5.91 Å². The molecule has 1 aliphatic rings. The van der Waals surface area contributed by atoms with Crippen molar-refractivity contribution in [1.29, 1.82) is 0 Å². The lowest BCUT2D eigenvalue weighted by atomic mass is 10.2. The number of amides is 1. The van der Waals surface area contributed by atoms with Crippen LogP contribution in [-0.2, 0) is 0 Å². The van der Waals surface area contributed by atoms with E-state index in [2.05, 4.69) is 20.3 Å². The molecular weight excluding hydrogens is 374 g/mol. The minimum absolute atomic E-state index is 0.0937. The molecule has 0 saturated carbocycles. The van der Waals surface area contributed by atoms with Gasteiger partial charge in [0.1, 0.15) is 0 Å². The second kappa shape index (κ2) is 9.07. The Morgan fingerprint density at radius 2 is 2.14 bits per heavy atom. The first-order valence-electron chi connectivity index (χ1n) is 9.52. The van der Waals surface area contributed by atoms with E-state index in [1.807, 2.05) is 50.4 Å². The molecule has 0 unspecified atom stereocenters. The molecule has 0 aromatic carbocycles. The number of hydrogen-bond acceptors (Lipinski definition) is 7. The van der Waals surface area contributed by atoms with Crippen LogP contribution in [0.2, 0.25) is 0 Å². The molecule has 2 N–H and O–H groups in total. The van der Waals surface area contributed by atoms with Crippen molar-refractivity contribution in [2.45, 2.75) is 39.3 Å². The zero-order valence-corrected chi connectivity index (χ0v) is 17.1. The Kier molecular flexibility index (Phi) is 6.53. The van der Waals surface area contributed by atoms with Crippen LogP contribution >= 0.6 is 11.3 Å². The topological polar surface area (TPSA) is 91.2 Å². The first-order valence-corrected chi connectivity index (χ1v) is 10.4. The number of nitrogens with one attached hydrogen (secondary N) is 1. The highest BCUT2D eigenvalue weighted by atomic mass is 32.1. The molecule has 3 aromatic heterocycles. The Morgan fingerprint density at radius 1 is 1.32 bits per heavy atom. The zero-order chi connectivity index (χ0) is 20.1. The summed E-state index contributed by atoms with van der Waals surface area (Å²) in [6.45, 7) is 6.87. The third-order valence-corrected chi connectivity index (χ3v) is 5.34. The number of aromatic nitrogens is 3. The van der Waals surface area contributed by atoms with Crippen LogP contribution in [0, 0.1) is 0 Å². The lowest BCUT2D eigenvalue weighted by Gasteiger charge is -2.17. The molecule has 4 rings (SSSR count). The molecule has 2 atom stereocenters. The zero-order valence-electron chi connectivity index (χ0n) is 16.3. The lowest BCUT2D eigenvalue weighted by molar-refractivity contribution is 0.0761. The molecule has 0 radical (unpaired) electrons. The van der Waals surface area contributed by atoms with Crippen LogP contribution in [0.25, 0.3) is 10.2 Å². The molecule has 0 spiro atoms. The molecule has 1 amide bonds. The summed E-state index contributed by atoms with van der Waals surface area (Å²) in [5.74, 6) is 0.238. The van der Waals surface area contributed by atoms with E-state index in [4.69, 9.17) is 0 Å². The third kappa shape index (κ3) is 4.28. The second-order valence-corrected chi connectivity index (χ2v) is 7.26. The monoisotopic (exact) mass is 399 g/mol. The van der Waals surface area contributed by atoms with Gasteiger partial charge in [-0.05, 0) is 36.9 Å².